The van der Waals surface area contributed by atoms with Crippen molar-refractivity contribution in [3.63, 3.8) is 0 Å². The van der Waals surface area contributed by atoms with E-state index in [1.807, 2.05) is 0 Å². The highest BCUT2D eigenvalue weighted by molar-refractivity contribution is 7.99. The van der Waals surface area contributed by atoms with E-state index < -0.39 is 12.5 Å². The van der Waals surface area contributed by atoms with Gasteiger partial charge >= 0.3 is 0 Å². The van der Waals surface area contributed by atoms with Gasteiger partial charge in [-0.3, -0.25) is 9.59 Å². The van der Waals surface area contributed by atoms with Crippen LogP contribution >= 0.6 is 23.1 Å². The number of aliphatic hydroxyl groups excluding tert-OH is 1. The van der Waals surface area contributed by atoms with E-state index in [-0.39, 0.29) is 18.1 Å². The summed E-state index contributed by atoms with van der Waals surface area (Å²) in [5.74, 6) is 0.402. The van der Waals surface area contributed by atoms with Gasteiger partial charge in [0.25, 0.3) is 5.22 Å². The first-order chi connectivity index (χ1) is 12.6. The highest BCUT2D eigenvalue weighted by Gasteiger charge is 2.14. The number of benzene rings is 1. The standard InChI is InChI=1S/C17H16N2O5S2/c1-23-10-2-4-14-12(6-10)19-17(24-14)25-9-13(21)15-5-3-11(26-15)7-18-16(22)8-20/h2-6,20H,7-9H2,1H3,(H,18,22). The minimum atomic E-state index is -0.551. The normalized spacial score (nSPS) is 10.8. The van der Waals surface area contributed by atoms with E-state index >= 15 is 0 Å². The second-order valence-corrected chi connectivity index (χ2v) is 7.32. The van der Waals surface area contributed by atoms with Gasteiger partial charge in [-0.05, 0) is 24.3 Å². The number of ketones is 1. The maximum Gasteiger partial charge on any atom is 0.257 e. The zero-order chi connectivity index (χ0) is 18.5. The van der Waals surface area contributed by atoms with Gasteiger partial charge in [-0.15, -0.1) is 11.3 Å². The molecule has 9 heteroatoms. The van der Waals surface area contributed by atoms with Gasteiger partial charge in [0, 0.05) is 10.9 Å². The van der Waals surface area contributed by atoms with E-state index in [0.717, 1.165) is 4.88 Å². The number of fused-ring (bicyclic) bond motifs is 1. The Kier molecular flexibility index (Phi) is 5.92. The molecule has 136 valence electrons. The van der Waals surface area contributed by atoms with Crippen molar-refractivity contribution in [2.45, 2.75) is 11.8 Å². The van der Waals surface area contributed by atoms with Gasteiger partial charge in [0.2, 0.25) is 5.91 Å². The fourth-order valence-corrected chi connectivity index (χ4v) is 3.84. The molecule has 2 aromatic heterocycles. The molecule has 0 bridgehead atoms. The number of amides is 1. The quantitative estimate of drug-likeness (QED) is 0.448. The number of aliphatic hydroxyl groups is 1. The molecular weight excluding hydrogens is 376 g/mol. The van der Waals surface area contributed by atoms with E-state index in [1.165, 1.54) is 23.1 Å². The van der Waals surface area contributed by atoms with Crippen LogP contribution in [-0.4, -0.2) is 41.3 Å². The van der Waals surface area contributed by atoms with E-state index in [0.29, 0.717) is 26.9 Å². The number of methoxy groups -OCH3 is 1. The fraction of sp³-hybridized carbons (Fsp3) is 0.235. The maximum absolute atomic E-state index is 12.3. The molecule has 3 aromatic rings. The molecule has 0 fully saturated rings. The van der Waals surface area contributed by atoms with Crippen LogP contribution < -0.4 is 10.1 Å². The van der Waals surface area contributed by atoms with E-state index in [2.05, 4.69) is 10.3 Å². The maximum atomic E-state index is 12.3. The second kappa shape index (κ2) is 8.35. The van der Waals surface area contributed by atoms with Gasteiger partial charge < -0.3 is 19.6 Å². The summed E-state index contributed by atoms with van der Waals surface area (Å²) in [6.45, 7) is -0.262. The largest absolute Gasteiger partial charge is 0.497 e. The van der Waals surface area contributed by atoms with Crippen molar-refractivity contribution in [1.82, 2.24) is 10.3 Å². The van der Waals surface area contributed by atoms with Crippen LogP contribution in [0.15, 0.2) is 40.0 Å². The van der Waals surface area contributed by atoms with Crippen molar-refractivity contribution < 1.29 is 23.8 Å². The molecule has 0 spiro atoms. The Balaban J connectivity index is 1.58. The summed E-state index contributed by atoms with van der Waals surface area (Å²) < 4.78 is 10.8. The molecule has 1 amide bonds. The molecule has 2 heterocycles. The van der Waals surface area contributed by atoms with Crippen molar-refractivity contribution in [3.8, 4) is 5.75 Å². The topological polar surface area (TPSA) is 102 Å². The molecule has 0 aliphatic heterocycles. The number of carbonyl (C=O) groups is 2. The molecule has 3 rings (SSSR count). The molecular formula is C17H16N2O5S2. The highest BCUT2D eigenvalue weighted by Crippen LogP contribution is 2.27. The molecule has 0 saturated carbocycles. The van der Waals surface area contributed by atoms with Crippen LogP contribution in [0.4, 0.5) is 0 Å². The Labute approximate surface area is 157 Å². The molecule has 0 aliphatic carbocycles. The third-order valence-electron chi connectivity index (χ3n) is 3.44. The minimum Gasteiger partial charge on any atom is -0.497 e. The summed E-state index contributed by atoms with van der Waals surface area (Å²) in [6, 6.07) is 8.85. The number of thioether (sulfide) groups is 1. The number of thiophene rings is 1. The number of oxazole rings is 1. The van der Waals surface area contributed by atoms with Crippen molar-refractivity contribution in [2.24, 2.45) is 0 Å². The number of Topliss-reactive ketones (excluding diaryl/α,β-unsaturated/α-hetero) is 1. The van der Waals surface area contributed by atoms with Crippen LogP contribution in [-0.2, 0) is 11.3 Å². The molecule has 0 aliphatic rings. The number of hydrogen-bond acceptors (Lipinski definition) is 8. The van der Waals surface area contributed by atoms with E-state index in [9.17, 15) is 9.59 Å². The summed E-state index contributed by atoms with van der Waals surface area (Å²) >= 11 is 2.54. The minimum absolute atomic E-state index is 0.0421. The van der Waals surface area contributed by atoms with Crippen molar-refractivity contribution in [3.05, 3.63) is 40.1 Å². The number of carbonyl (C=O) groups excluding carboxylic acids is 2. The Morgan fingerprint density at radius 1 is 1.35 bits per heavy atom. The summed E-state index contributed by atoms with van der Waals surface area (Å²) in [7, 11) is 1.58. The lowest BCUT2D eigenvalue weighted by Gasteiger charge is -1.99. The Morgan fingerprint density at radius 3 is 2.96 bits per heavy atom. The van der Waals surface area contributed by atoms with Gasteiger partial charge in [-0.1, -0.05) is 11.8 Å². The predicted molar refractivity (Wildman–Crippen MR) is 98.9 cm³/mol. The Bertz CT molecular complexity index is 934. The molecule has 2 N–H and O–H groups in total. The zero-order valence-corrected chi connectivity index (χ0v) is 15.5. The fourth-order valence-electron chi connectivity index (χ4n) is 2.14. The van der Waals surface area contributed by atoms with Crippen LogP contribution in [0.1, 0.15) is 14.5 Å². The number of ether oxygens (including phenoxy) is 1. The lowest BCUT2D eigenvalue weighted by molar-refractivity contribution is -0.123. The average molecular weight is 392 g/mol. The molecule has 0 atom stereocenters. The van der Waals surface area contributed by atoms with Gasteiger partial charge in [-0.25, -0.2) is 4.98 Å². The third kappa shape index (κ3) is 4.43. The van der Waals surface area contributed by atoms with E-state index in [4.69, 9.17) is 14.3 Å². The Morgan fingerprint density at radius 2 is 2.19 bits per heavy atom. The smallest absolute Gasteiger partial charge is 0.257 e. The number of nitrogens with one attached hydrogen (secondary N) is 1. The second-order valence-electron chi connectivity index (χ2n) is 5.23. The Hall–Kier alpha value is -2.36. The van der Waals surface area contributed by atoms with Gasteiger partial charge in [0.05, 0.1) is 24.3 Å². The van der Waals surface area contributed by atoms with Crippen LogP contribution in [0.25, 0.3) is 11.1 Å². The number of aromatic nitrogens is 1. The lowest BCUT2D eigenvalue weighted by Crippen LogP contribution is -2.25. The monoisotopic (exact) mass is 392 g/mol. The highest BCUT2D eigenvalue weighted by atomic mass is 32.2. The average Bonchev–Trinajstić information content (AvgIpc) is 3.29. The van der Waals surface area contributed by atoms with Gasteiger partial charge in [-0.2, -0.15) is 0 Å². The van der Waals surface area contributed by atoms with E-state index in [1.54, 1.807) is 37.4 Å². The molecule has 7 nitrogen and oxygen atoms in total. The first-order valence-corrected chi connectivity index (χ1v) is 9.46. The van der Waals surface area contributed by atoms with Gasteiger partial charge in [0.1, 0.15) is 17.9 Å². The predicted octanol–water partition coefficient (Wildman–Crippen LogP) is 2.48. The van der Waals surface area contributed by atoms with Gasteiger partial charge in [0.15, 0.2) is 11.4 Å². The summed E-state index contributed by atoms with van der Waals surface area (Å²) in [6.07, 6.45) is 0. The number of rotatable bonds is 8. The summed E-state index contributed by atoms with van der Waals surface area (Å²) in [5.41, 5.74) is 1.32. The zero-order valence-electron chi connectivity index (χ0n) is 13.9. The first-order valence-electron chi connectivity index (χ1n) is 7.66. The molecule has 0 radical (unpaired) electrons. The lowest BCUT2D eigenvalue weighted by atomic mass is 10.3. The van der Waals surface area contributed by atoms with Crippen molar-refractivity contribution in [1.29, 1.82) is 0 Å². The van der Waals surface area contributed by atoms with Crippen LogP contribution in [0.2, 0.25) is 0 Å². The molecule has 0 saturated heterocycles. The molecule has 26 heavy (non-hydrogen) atoms. The summed E-state index contributed by atoms with van der Waals surface area (Å²) in [4.78, 5) is 29.2. The van der Waals surface area contributed by atoms with Crippen LogP contribution in [0, 0.1) is 0 Å². The van der Waals surface area contributed by atoms with Crippen molar-refractivity contribution >= 4 is 45.9 Å². The molecule has 0 unspecified atom stereocenters. The van der Waals surface area contributed by atoms with Crippen LogP contribution in [0.3, 0.4) is 0 Å². The SMILES string of the molecule is COc1ccc2oc(SCC(=O)c3ccc(CNC(=O)CO)s3)nc2c1. The van der Waals surface area contributed by atoms with Crippen LogP contribution in [0.5, 0.6) is 5.75 Å². The number of nitrogens with zero attached hydrogens (tertiary/aromatic N) is 1. The van der Waals surface area contributed by atoms with Crippen molar-refractivity contribution in [2.75, 3.05) is 19.5 Å². The first kappa shape index (κ1) is 18.4. The third-order valence-corrected chi connectivity index (χ3v) is 5.40. The molecule has 1 aromatic carbocycles. The number of hydrogen-bond donors (Lipinski definition) is 2. The summed E-state index contributed by atoms with van der Waals surface area (Å²) in [5, 5.41) is 11.7.